The first kappa shape index (κ1) is 9.91. The SMILES string of the molecule is Cc1c(Br)cc2c(c1C)CC(=O)CC2. The normalized spacial score (nSPS) is 15.5. The zero-order chi connectivity index (χ0) is 10.3. The molecule has 0 saturated heterocycles. The second kappa shape index (κ2) is 3.50. The maximum atomic E-state index is 11.4. The molecule has 1 aliphatic carbocycles. The highest BCUT2D eigenvalue weighted by molar-refractivity contribution is 9.10. The summed E-state index contributed by atoms with van der Waals surface area (Å²) in [6.45, 7) is 4.20. The van der Waals surface area contributed by atoms with Crippen molar-refractivity contribution in [3.05, 3.63) is 32.8 Å². The minimum Gasteiger partial charge on any atom is -0.299 e. The fraction of sp³-hybridized carbons (Fsp3) is 0.417. The first-order chi connectivity index (χ1) is 6.59. The highest BCUT2D eigenvalue weighted by Crippen LogP contribution is 2.30. The number of halogens is 1. The van der Waals surface area contributed by atoms with Crippen LogP contribution in [0.2, 0.25) is 0 Å². The van der Waals surface area contributed by atoms with Crippen LogP contribution >= 0.6 is 15.9 Å². The number of hydrogen-bond acceptors (Lipinski definition) is 1. The van der Waals surface area contributed by atoms with Gasteiger partial charge in [0.15, 0.2) is 0 Å². The van der Waals surface area contributed by atoms with Crippen LogP contribution in [0.3, 0.4) is 0 Å². The van der Waals surface area contributed by atoms with Crippen molar-refractivity contribution in [2.24, 2.45) is 0 Å². The molecule has 0 fully saturated rings. The Kier molecular flexibility index (Phi) is 2.48. The second-order valence-corrected chi connectivity index (χ2v) is 4.82. The molecule has 1 aromatic rings. The summed E-state index contributed by atoms with van der Waals surface area (Å²) in [5.41, 5.74) is 5.16. The van der Waals surface area contributed by atoms with Crippen LogP contribution in [0.4, 0.5) is 0 Å². The summed E-state index contributed by atoms with van der Waals surface area (Å²) >= 11 is 3.56. The summed E-state index contributed by atoms with van der Waals surface area (Å²) in [4.78, 5) is 11.4. The Morgan fingerprint density at radius 2 is 1.93 bits per heavy atom. The molecular formula is C12H13BrO. The Morgan fingerprint density at radius 1 is 1.21 bits per heavy atom. The molecular weight excluding hydrogens is 240 g/mol. The molecule has 0 heterocycles. The van der Waals surface area contributed by atoms with E-state index in [1.165, 1.54) is 26.7 Å². The lowest BCUT2D eigenvalue weighted by Crippen LogP contribution is -2.15. The van der Waals surface area contributed by atoms with E-state index >= 15 is 0 Å². The quantitative estimate of drug-likeness (QED) is 0.694. The second-order valence-electron chi connectivity index (χ2n) is 3.96. The van der Waals surface area contributed by atoms with Crippen molar-refractivity contribution in [1.29, 1.82) is 0 Å². The van der Waals surface area contributed by atoms with Gasteiger partial charge >= 0.3 is 0 Å². The van der Waals surface area contributed by atoms with Gasteiger partial charge in [-0.15, -0.1) is 0 Å². The topological polar surface area (TPSA) is 17.1 Å². The molecule has 1 nitrogen and oxygen atoms in total. The molecule has 0 aliphatic heterocycles. The van der Waals surface area contributed by atoms with E-state index in [4.69, 9.17) is 0 Å². The zero-order valence-electron chi connectivity index (χ0n) is 8.48. The van der Waals surface area contributed by atoms with Crippen LogP contribution < -0.4 is 0 Å². The Balaban J connectivity index is 2.60. The van der Waals surface area contributed by atoms with Crippen LogP contribution in [-0.4, -0.2) is 5.78 Å². The Bertz CT molecular complexity index is 407. The third kappa shape index (κ3) is 1.52. The Hall–Kier alpha value is -0.630. The first-order valence-corrected chi connectivity index (χ1v) is 5.68. The molecule has 0 bridgehead atoms. The summed E-state index contributed by atoms with van der Waals surface area (Å²) in [7, 11) is 0. The van der Waals surface area contributed by atoms with Gasteiger partial charge in [-0.2, -0.15) is 0 Å². The van der Waals surface area contributed by atoms with Crippen molar-refractivity contribution in [3.63, 3.8) is 0 Å². The van der Waals surface area contributed by atoms with E-state index in [0.717, 1.165) is 6.42 Å². The largest absolute Gasteiger partial charge is 0.299 e. The van der Waals surface area contributed by atoms with E-state index in [9.17, 15) is 4.79 Å². The van der Waals surface area contributed by atoms with Crippen LogP contribution in [0.15, 0.2) is 10.5 Å². The molecule has 74 valence electrons. The highest BCUT2D eigenvalue weighted by Gasteiger charge is 2.19. The standard InChI is InChI=1S/C12H13BrO/c1-7-8(2)12(13)5-9-3-4-10(14)6-11(7)9/h5H,3-4,6H2,1-2H3. The number of carbonyl (C=O) groups excluding carboxylic acids is 1. The van der Waals surface area contributed by atoms with Gasteiger partial charge in [0.2, 0.25) is 0 Å². The van der Waals surface area contributed by atoms with Crippen molar-refractivity contribution in [2.45, 2.75) is 33.1 Å². The van der Waals surface area contributed by atoms with Gasteiger partial charge in [-0.3, -0.25) is 4.79 Å². The lowest BCUT2D eigenvalue weighted by atomic mass is 9.86. The maximum Gasteiger partial charge on any atom is 0.137 e. The van der Waals surface area contributed by atoms with E-state index in [0.29, 0.717) is 18.6 Å². The molecule has 0 spiro atoms. The molecule has 0 unspecified atom stereocenters. The summed E-state index contributed by atoms with van der Waals surface area (Å²) in [6.07, 6.45) is 2.26. The summed E-state index contributed by atoms with van der Waals surface area (Å²) in [6, 6.07) is 2.17. The number of fused-ring (bicyclic) bond motifs is 1. The van der Waals surface area contributed by atoms with Crippen molar-refractivity contribution in [2.75, 3.05) is 0 Å². The Morgan fingerprint density at radius 3 is 2.64 bits per heavy atom. The van der Waals surface area contributed by atoms with Gasteiger partial charge in [0.05, 0.1) is 0 Å². The van der Waals surface area contributed by atoms with Crippen LogP contribution in [0.5, 0.6) is 0 Å². The predicted molar refractivity (Wildman–Crippen MR) is 60.6 cm³/mol. The van der Waals surface area contributed by atoms with E-state index in [1.807, 2.05) is 0 Å². The molecule has 0 aromatic heterocycles. The number of carbonyl (C=O) groups is 1. The molecule has 0 saturated carbocycles. The third-order valence-corrected chi connectivity index (χ3v) is 3.93. The number of rotatable bonds is 0. The molecule has 2 heteroatoms. The lowest BCUT2D eigenvalue weighted by molar-refractivity contribution is -0.118. The van der Waals surface area contributed by atoms with Crippen LogP contribution in [0.1, 0.15) is 28.7 Å². The predicted octanol–water partition coefficient (Wildman–Crippen LogP) is 3.12. The van der Waals surface area contributed by atoms with Gasteiger partial charge in [-0.05, 0) is 48.6 Å². The van der Waals surface area contributed by atoms with Gasteiger partial charge in [-0.25, -0.2) is 0 Å². The van der Waals surface area contributed by atoms with E-state index in [-0.39, 0.29) is 0 Å². The zero-order valence-corrected chi connectivity index (χ0v) is 10.1. The van der Waals surface area contributed by atoms with Gasteiger partial charge in [0, 0.05) is 17.3 Å². The molecule has 1 aromatic carbocycles. The molecule has 2 rings (SSSR count). The number of Topliss-reactive ketones (excluding diaryl/α,β-unsaturated/α-hetero) is 1. The van der Waals surface area contributed by atoms with Gasteiger partial charge in [0.25, 0.3) is 0 Å². The lowest BCUT2D eigenvalue weighted by Gasteiger charge is -2.19. The number of ketones is 1. The van der Waals surface area contributed by atoms with E-state index in [2.05, 4.69) is 35.8 Å². The molecule has 14 heavy (non-hydrogen) atoms. The van der Waals surface area contributed by atoms with Crippen LogP contribution in [-0.2, 0) is 17.6 Å². The highest BCUT2D eigenvalue weighted by atomic mass is 79.9. The van der Waals surface area contributed by atoms with Gasteiger partial charge in [-0.1, -0.05) is 15.9 Å². The smallest absolute Gasteiger partial charge is 0.137 e. The Labute approximate surface area is 92.6 Å². The number of hydrogen-bond donors (Lipinski definition) is 0. The monoisotopic (exact) mass is 252 g/mol. The molecule has 0 atom stereocenters. The molecule has 0 amide bonds. The average molecular weight is 253 g/mol. The minimum atomic E-state index is 0.377. The van der Waals surface area contributed by atoms with E-state index in [1.54, 1.807) is 0 Å². The number of aryl methyl sites for hydroxylation is 1. The minimum absolute atomic E-state index is 0.377. The molecule has 0 radical (unpaired) electrons. The fourth-order valence-corrected chi connectivity index (χ4v) is 2.60. The summed E-state index contributed by atoms with van der Waals surface area (Å²) < 4.78 is 1.17. The first-order valence-electron chi connectivity index (χ1n) is 4.88. The van der Waals surface area contributed by atoms with Crippen molar-refractivity contribution >= 4 is 21.7 Å². The van der Waals surface area contributed by atoms with Crippen LogP contribution in [0.25, 0.3) is 0 Å². The summed E-state index contributed by atoms with van der Waals surface area (Å²) in [5, 5.41) is 0. The van der Waals surface area contributed by atoms with Crippen LogP contribution in [0, 0.1) is 13.8 Å². The van der Waals surface area contributed by atoms with Gasteiger partial charge < -0.3 is 0 Å². The van der Waals surface area contributed by atoms with Gasteiger partial charge in [0.1, 0.15) is 5.78 Å². The summed E-state index contributed by atoms with van der Waals surface area (Å²) in [5.74, 6) is 0.377. The fourth-order valence-electron chi connectivity index (χ4n) is 2.02. The van der Waals surface area contributed by atoms with E-state index < -0.39 is 0 Å². The number of benzene rings is 1. The maximum absolute atomic E-state index is 11.4. The molecule has 0 N–H and O–H groups in total. The molecule has 1 aliphatic rings. The van der Waals surface area contributed by atoms with Crippen molar-refractivity contribution in [1.82, 2.24) is 0 Å². The van der Waals surface area contributed by atoms with Crippen molar-refractivity contribution in [3.8, 4) is 0 Å². The average Bonchev–Trinajstić information content (AvgIpc) is 2.16. The van der Waals surface area contributed by atoms with Crippen molar-refractivity contribution < 1.29 is 4.79 Å². The third-order valence-electron chi connectivity index (χ3n) is 3.11.